The van der Waals surface area contributed by atoms with Crippen molar-refractivity contribution >= 4 is 33.0 Å². The van der Waals surface area contributed by atoms with Crippen molar-refractivity contribution in [1.82, 2.24) is 0 Å². The summed E-state index contributed by atoms with van der Waals surface area (Å²) in [5.74, 6) is -0.0770. The normalized spacial score (nSPS) is 13.5. The molecule has 1 saturated heterocycles. The second kappa shape index (κ2) is 10.4. The van der Waals surface area contributed by atoms with Gasteiger partial charge in [0.25, 0.3) is 10.0 Å². The van der Waals surface area contributed by atoms with Crippen LogP contribution in [0.3, 0.4) is 0 Å². The number of hydrogen-bond acceptors (Lipinski definition) is 5. The first-order valence-corrected chi connectivity index (χ1v) is 13.1. The number of sulfonamides is 1. The summed E-state index contributed by atoms with van der Waals surface area (Å²) in [6.45, 7) is 5.44. The molecule has 0 atom stereocenters. The number of methoxy groups -OCH3 is 1. The number of benzene rings is 3. The molecule has 7 nitrogen and oxygen atoms in total. The predicted octanol–water partition coefficient (Wildman–Crippen LogP) is 4.75. The number of carbonyl (C=O) groups excluding carboxylic acids is 1. The van der Waals surface area contributed by atoms with E-state index in [1.807, 2.05) is 32.0 Å². The van der Waals surface area contributed by atoms with Gasteiger partial charge in [-0.25, -0.2) is 8.42 Å². The van der Waals surface area contributed by atoms with Crippen LogP contribution in [0.15, 0.2) is 71.6 Å². The van der Waals surface area contributed by atoms with E-state index in [1.165, 1.54) is 26.0 Å². The third-order valence-electron chi connectivity index (χ3n) is 6.17. The van der Waals surface area contributed by atoms with Gasteiger partial charge in [-0.3, -0.25) is 9.10 Å². The van der Waals surface area contributed by atoms with Crippen LogP contribution in [0.5, 0.6) is 5.75 Å². The van der Waals surface area contributed by atoms with Crippen molar-refractivity contribution in [3.05, 3.63) is 77.9 Å². The largest absolute Gasteiger partial charge is 0.495 e. The maximum absolute atomic E-state index is 13.7. The zero-order valence-corrected chi connectivity index (χ0v) is 21.1. The van der Waals surface area contributed by atoms with Gasteiger partial charge in [0, 0.05) is 24.5 Å². The van der Waals surface area contributed by atoms with Crippen molar-refractivity contribution in [3.8, 4) is 5.75 Å². The first-order valence-electron chi connectivity index (χ1n) is 11.7. The molecule has 1 amide bonds. The molecular formula is C27H31N3O4S. The van der Waals surface area contributed by atoms with Gasteiger partial charge in [0.15, 0.2) is 0 Å². The fourth-order valence-electron chi connectivity index (χ4n) is 4.32. The van der Waals surface area contributed by atoms with Crippen LogP contribution in [-0.2, 0) is 14.8 Å². The first kappa shape index (κ1) is 24.6. The van der Waals surface area contributed by atoms with Gasteiger partial charge in [0.2, 0.25) is 5.91 Å². The molecule has 35 heavy (non-hydrogen) atoms. The summed E-state index contributed by atoms with van der Waals surface area (Å²) in [5.41, 5.74) is 3.83. The summed E-state index contributed by atoms with van der Waals surface area (Å²) in [7, 11) is -2.56. The van der Waals surface area contributed by atoms with Gasteiger partial charge < -0.3 is 15.0 Å². The van der Waals surface area contributed by atoms with E-state index in [-0.39, 0.29) is 4.90 Å². The van der Waals surface area contributed by atoms with Gasteiger partial charge in [0.05, 0.1) is 17.7 Å². The third kappa shape index (κ3) is 5.43. The van der Waals surface area contributed by atoms with Gasteiger partial charge in [0.1, 0.15) is 12.3 Å². The molecule has 1 heterocycles. The number of hydrogen-bond donors (Lipinski definition) is 1. The Labute approximate surface area is 207 Å². The van der Waals surface area contributed by atoms with Gasteiger partial charge in [-0.2, -0.15) is 0 Å². The van der Waals surface area contributed by atoms with Crippen LogP contribution in [0.1, 0.15) is 24.0 Å². The van der Waals surface area contributed by atoms with Gasteiger partial charge in [-0.15, -0.1) is 0 Å². The molecule has 8 heteroatoms. The Morgan fingerprint density at radius 3 is 2.43 bits per heavy atom. The first-order chi connectivity index (χ1) is 16.8. The lowest BCUT2D eigenvalue weighted by Crippen LogP contribution is -2.38. The molecule has 1 aliphatic rings. The minimum absolute atomic E-state index is 0.113. The SMILES string of the molecule is COc1ccccc1N(CC(=O)Nc1ccc(N2CCCC2)cc1C)S(=O)(=O)c1cccc(C)c1. The van der Waals surface area contributed by atoms with E-state index in [1.54, 1.807) is 36.4 Å². The number of rotatable bonds is 8. The molecule has 0 aliphatic carbocycles. The van der Waals surface area contributed by atoms with E-state index in [0.29, 0.717) is 17.1 Å². The molecule has 0 bridgehead atoms. The summed E-state index contributed by atoms with van der Waals surface area (Å²) in [5, 5.41) is 2.90. The zero-order valence-electron chi connectivity index (χ0n) is 20.3. The van der Waals surface area contributed by atoms with E-state index in [0.717, 1.165) is 34.2 Å². The molecule has 0 spiro atoms. The topological polar surface area (TPSA) is 79.0 Å². The smallest absolute Gasteiger partial charge is 0.264 e. The number of nitrogens with one attached hydrogen (secondary N) is 1. The molecule has 0 saturated carbocycles. The fourth-order valence-corrected chi connectivity index (χ4v) is 5.86. The highest BCUT2D eigenvalue weighted by Crippen LogP contribution is 2.32. The van der Waals surface area contributed by atoms with Crippen molar-refractivity contribution in [2.45, 2.75) is 31.6 Å². The molecule has 1 aliphatic heterocycles. The standard InChI is InChI=1S/C27H31N3O4S/c1-20-9-8-10-23(17-20)35(32,33)30(25-11-4-5-12-26(25)34-3)19-27(31)28-24-14-13-22(18-21(24)2)29-15-6-7-16-29/h4-5,8-14,17-18H,6-7,15-16,19H2,1-3H3,(H,28,31). The van der Waals surface area contributed by atoms with E-state index >= 15 is 0 Å². The highest BCUT2D eigenvalue weighted by Gasteiger charge is 2.29. The van der Waals surface area contributed by atoms with Crippen molar-refractivity contribution in [3.63, 3.8) is 0 Å². The average molecular weight is 494 g/mol. The van der Waals surface area contributed by atoms with Crippen LogP contribution in [-0.4, -0.2) is 41.1 Å². The molecule has 0 radical (unpaired) electrons. The van der Waals surface area contributed by atoms with Crippen LogP contribution < -0.4 is 19.3 Å². The van der Waals surface area contributed by atoms with Crippen molar-refractivity contribution in [2.24, 2.45) is 0 Å². The number of para-hydroxylation sites is 2. The third-order valence-corrected chi connectivity index (χ3v) is 7.93. The van der Waals surface area contributed by atoms with E-state index < -0.39 is 22.5 Å². The second-order valence-corrected chi connectivity index (χ2v) is 10.6. The fraction of sp³-hybridized carbons (Fsp3) is 0.296. The van der Waals surface area contributed by atoms with Crippen LogP contribution in [0, 0.1) is 13.8 Å². The molecule has 4 rings (SSSR count). The number of amides is 1. The van der Waals surface area contributed by atoms with E-state index in [4.69, 9.17) is 4.74 Å². The summed E-state index contributed by atoms with van der Waals surface area (Å²) in [4.78, 5) is 15.6. The molecule has 3 aromatic carbocycles. The maximum atomic E-state index is 13.7. The quantitative estimate of drug-likeness (QED) is 0.490. The molecule has 1 fully saturated rings. The zero-order chi connectivity index (χ0) is 25.0. The maximum Gasteiger partial charge on any atom is 0.264 e. The summed E-state index contributed by atoms with van der Waals surface area (Å²) in [6, 6.07) is 19.4. The summed E-state index contributed by atoms with van der Waals surface area (Å²) in [6.07, 6.45) is 2.37. The molecule has 0 unspecified atom stereocenters. The van der Waals surface area contributed by atoms with Gasteiger partial charge in [-0.05, 0) is 80.3 Å². The minimum atomic E-state index is -4.04. The highest BCUT2D eigenvalue weighted by molar-refractivity contribution is 7.92. The Bertz CT molecular complexity index is 1320. The van der Waals surface area contributed by atoms with Crippen LogP contribution in [0.2, 0.25) is 0 Å². The van der Waals surface area contributed by atoms with Crippen molar-refractivity contribution in [1.29, 1.82) is 0 Å². The monoisotopic (exact) mass is 493 g/mol. The lowest BCUT2D eigenvalue weighted by Gasteiger charge is -2.26. The Balaban J connectivity index is 1.63. The Kier molecular flexibility index (Phi) is 7.31. The average Bonchev–Trinajstić information content (AvgIpc) is 3.39. The lowest BCUT2D eigenvalue weighted by molar-refractivity contribution is -0.114. The highest BCUT2D eigenvalue weighted by atomic mass is 32.2. The molecule has 1 N–H and O–H groups in total. The number of anilines is 3. The summed E-state index contributed by atoms with van der Waals surface area (Å²) < 4.78 is 33.9. The van der Waals surface area contributed by atoms with Crippen molar-refractivity contribution < 1.29 is 17.9 Å². The second-order valence-electron chi connectivity index (χ2n) is 8.74. The van der Waals surface area contributed by atoms with E-state index in [2.05, 4.69) is 16.3 Å². The molecule has 0 aromatic heterocycles. The minimum Gasteiger partial charge on any atom is -0.495 e. The van der Waals surface area contributed by atoms with E-state index in [9.17, 15) is 13.2 Å². The van der Waals surface area contributed by atoms with Crippen LogP contribution in [0.25, 0.3) is 0 Å². The molecule has 3 aromatic rings. The number of ether oxygens (including phenoxy) is 1. The predicted molar refractivity (Wildman–Crippen MR) is 140 cm³/mol. The Hall–Kier alpha value is -3.52. The molecular weight excluding hydrogens is 462 g/mol. The lowest BCUT2D eigenvalue weighted by atomic mass is 10.1. The van der Waals surface area contributed by atoms with Crippen LogP contribution in [0.4, 0.5) is 17.1 Å². The van der Waals surface area contributed by atoms with Crippen molar-refractivity contribution in [2.75, 3.05) is 41.3 Å². The Morgan fingerprint density at radius 1 is 1.00 bits per heavy atom. The summed E-state index contributed by atoms with van der Waals surface area (Å²) >= 11 is 0. The van der Waals surface area contributed by atoms with Gasteiger partial charge >= 0.3 is 0 Å². The number of nitrogens with zero attached hydrogens (tertiary/aromatic N) is 2. The Morgan fingerprint density at radius 2 is 1.74 bits per heavy atom. The number of carbonyl (C=O) groups is 1. The van der Waals surface area contributed by atoms with Gasteiger partial charge in [-0.1, -0.05) is 24.3 Å². The molecule has 184 valence electrons. The van der Waals surface area contributed by atoms with Crippen LogP contribution >= 0.6 is 0 Å². The number of aryl methyl sites for hydroxylation is 2.